The maximum atomic E-state index is 13.3. The number of aromatic nitrogens is 1. The van der Waals surface area contributed by atoms with Gasteiger partial charge in [0.05, 0.1) is 5.41 Å². The number of carbonyl (C=O) groups is 2. The number of likely N-dealkylation sites (tertiary alicyclic amines) is 1. The van der Waals surface area contributed by atoms with Gasteiger partial charge in [0.2, 0.25) is 5.91 Å². The van der Waals surface area contributed by atoms with Crippen LogP contribution in [0.5, 0.6) is 0 Å². The summed E-state index contributed by atoms with van der Waals surface area (Å²) in [6.45, 7) is 1.06. The first-order valence-electron chi connectivity index (χ1n) is 9.76. The molecule has 1 fully saturated rings. The molecule has 1 spiro atoms. The molecule has 3 aliphatic rings. The Morgan fingerprint density at radius 3 is 2.89 bits per heavy atom. The van der Waals surface area contributed by atoms with Crippen LogP contribution in [0.25, 0.3) is 0 Å². The molecule has 0 bridgehead atoms. The molecule has 1 atom stereocenters. The zero-order valence-electron chi connectivity index (χ0n) is 15.5. The first-order valence-corrected chi connectivity index (χ1v) is 9.76. The lowest BCUT2D eigenvalue weighted by atomic mass is 9.75. The van der Waals surface area contributed by atoms with Crippen LogP contribution in [0.3, 0.4) is 0 Å². The molecule has 1 aromatic heterocycles. The second-order valence-corrected chi connectivity index (χ2v) is 7.93. The number of anilines is 1. The molecule has 2 aromatic rings. The van der Waals surface area contributed by atoms with Crippen LogP contribution in [0.15, 0.2) is 28.8 Å². The van der Waals surface area contributed by atoms with E-state index in [-0.39, 0.29) is 11.8 Å². The number of benzene rings is 1. The normalized spacial score (nSPS) is 24.3. The number of hydrogen-bond acceptors (Lipinski definition) is 4. The van der Waals surface area contributed by atoms with Crippen LogP contribution in [0.4, 0.5) is 5.69 Å². The van der Waals surface area contributed by atoms with E-state index in [9.17, 15) is 9.59 Å². The van der Waals surface area contributed by atoms with E-state index in [1.807, 2.05) is 36.2 Å². The zero-order valence-corrected chi connectivity index (χ0v) is 15.5. The van der Waals surface area contributed by atoms with Gasteiger partial charge in [0, 0.05) is 37.8 Å². The van der Waals surface area contributed by atoms with Crippen molar-refractivity contribution in [2.75, 3.05) is 25.0 Å². The van der Waals surface area contributed by atoms with Gasteiger partial charge in [-0.2, -0.15) is 0 Å². The zero-order chi connectivity index (χ0) is 18.6. The average Bonchev–Trinajstić information content (AvgIpc) is 3.23. The fourth-order valence-electron chi connectivity index (χ4n) is 5.04. The Morgan fingerprint density at radius 2 is 2.00 bits per heavy atom. The van der Waals surface area contributed by atoms with E-state index in [2.05, 4.69) is 5.16 Å². The highest BCUT2D eigenvalue weighted by Gasteiger charge is 2.52. The van der Waals surface area contributed by atoms with Gasteiger partial charge in [-0.25, -0.2) is 0 Å². The molecule has 0 unspecified atom stereocenters. The van der Waals surface area contributed by atoms with Gasteiger partial charge in [0.25, 0.3) is 5.91 Å². The monoisotopic (exact) mass is 365 g/mol. The fourth-order valence-corrected chi connectivity index (χ4v) is 5.04. The third-order valence-electron chi connectivity index (χ3n) is 6.43. The van der Waals surface area contributed by atoms with Gasteiger partial charge in [0.1, 0.15) is 5.76 Å². The van der Waals surface area contributed by atoms with Crippen molar-refractivity contribution < 1.29 is 14.1 Å². The van der Waals surface area contributed by atoms with E-state index in [4.69, 9.17) is 4.52 Å². The van der Waals surface area contributed by atoms with Gasteiger partial charge in [-0.1, -0.05) is 23.4 Å². The summed E-state index contributed by atoms with van der Waals surface area (Å²) in [6, 6.07) is 7.94. The lowest BCUT2D eigenvalue weighted by molar-refractivity contribution is -0.124. The predicted octanol–water partition coefficient (Wildman–Crippen LogP) is 2.70. The number of likely N-dealkylation sites (N-methyl/N-ethyl adjacent to an activating group) is 1. The highest BCUT2D eigenvalue weighted by molar-refractivity contribution is 6.08. The summed E-state index contributed by atoms with van der Waals surface area (Å²) in [4.78, 5) is 30.0. The van der Waals surface area contributed by atoms with Crippen LogP contribution in [-0.4, -0.2) is 42.0 Å². The van der Waals surface area contributed by atoms with Crippen molar-refractivity contribution in [2.24, 2.45) is 0 Å². The molecule has 2 amide bonds. The summed E-state index contributed by atoms with van der Waals surface area (Å²) >= 11 is 0. The predicted molar refractivity (Wildman–Crippen MR) is 99.8 cm³/mol. The number of fused-ring (bicyclic) bond motifs is 3. The molecule has 6 heteroatoms. The van der Waals surface area contributed by atoms with E-state index in [0.29, 0.717) is 18.8 Å². The third kappa shape index (κ3) is 2.28. The third-order valence-corrected chi connectivity index (χ3v) is 6.43. The van der Waals surface area contributed by atoms with E-state index in [0.717, 1.165) is 61.1 Å². The molecule has 0 saturated carbocycles. The second kappa shape index (κ2) is 5.94. The van der Waals surface area contributed by atoms with Crippen LogP contribution < -0.4 is 4.90 Å². The van der Waals surface area contributed by atoms with E-state index >= 15 is 0 Å². The maximum absolute atomic E-state index is 13.3. The quantitative estimate of drug-likeness (QED) is 0.779. The Bertz CT molecular complexity index is 935. The first-order chi connectivity index (χ1) is 13.1. The molecule has 1 aromatic carbocycles. The Kier molecular flexibility index (Phi) is 3.64. The van der Waals surface area contributed by atoms with Gasteiger partial charge < -0.3 is 14.3 Å². The largest absolute Gasteiger partial charge is 0.360 e. The van der Waals surface area contributed by atoms with Crippen LogP contribution in [0, 0.1) is 0 Å². The van der Waals surface area contributed by atoms with Crippen LogP contribution in [0.2, 0.25) is 0 Å². The fraction of sp³-hybridized carbons (Fsp3) is 0.476. The van der Waals surface area contributed by atoms with Gasteiger partial charge in [-0.3, -0.25) is 9.59 Å². The number of aryl methyl sites for hydroxylation is 1. The summed E-state index contributed by atoms with van der Waals surface area (Å²) in [7, 11) is 1.82. The second-order valence-electron chi connectivity index (χ2n) is 7.93. The molecular formula is C21H23N3O3. The van der Waals surface area contributed by atoms with Crippen molar-refractivity contribution in [3.8, 4) is 0 Å². The van der Waals surface area contributed by atoms with E-state index in [1.165, 1.54) is 0 Å². The summed E-state index contributed by atoms with van der Waals surface area (Å²) < 4.78 is 5.44. The smallest absolute Gasteiger partial charge is 0.276 e. The topological polar surface area (TPSA) is 66.7 Å². The SMILES string of the molecule is CN1C(=O)[C@]2(CCCN(C(=O)c3noc4c3CCCC4)C2)c2ccccc21. The number of amides is 2. The van der Waals surface area contributed by atoms with Crippen molar-refractivity contribution in [3.05, 3.63) is 46.8 Å². The Balaban J connectivity index is 1.49. The summed E-state index contributed by atoms with van der Waals surface area (Å²) in [5, 5.41) is 4.10. The Morgan fingerprint density at radius 1 is 1.19 bits per heavy atom. The number of piperidine rings is 1. The van der Waals surface area contributed by atoms with E-state index < -0.39 is 5.41 Å². The number of para-hydroxylation sites is 1. The first kappa shape index (κ1) is 16.5. The summed E-state index contributed by atoms with van der Waals surface area (Å²) in [5.41, 5.74) is 2.78. The van der Waals surface area contributed by atoms with Crippen LogP contribution >= 0.6 is 0 Å². The lowest BCUT2D eigenvalue weighted by Gasteiger charge is -2.39. The molecule has 27 heavy (non-hydrogen) atoms. The van der Waals surface area contributed by atoms with Crippen molar-refractivity contribution in [2.45, 2.75) is 43.9 Å². The summed E-state index contributed by atoms with van der Waals surface area (Å²) in [6.07, 6.45) is 5.43. The van der Waals surface area contributed by atoms with Crippen molar-refractivity contribution in [1.82, 2.24) is 10.1 Å². The molecule has 1 aliphatic carbocycles. The number of carbonyl (C=O) groups excluding carboxylic acids is 2. The number of rotatable bonds is 1. The number of nitrogens with zero attached hydrogens (tertiary/aromatic N) is 3. The lowest BCUT2D eigenvalue weighted by Crippen LogP contribution is -2.53. The molecule has 0 radical (unpaired) electrons. The van der Waals surface area contributed by atoms with Crippen LogP contribution in [-0.2, 0) is 23.1 Å². The molecule has 6 nitrogen and oxygen atoms in total. The van der Waals surface area contributed by atoms with Gasteiger partial charge in [-0.05, 0) is 43.7 Å². The Hall–Kier alpha value is -2.63. The highest BCUT2D eigenvalue weighted by atomic mass is 16.5. The Labute approximate surface area is 158 Å². The molecule has 0 N–H and O–H groups in total. The average molecular weight is 365 g/mol. The van der Waals surface area contributed by atoms with E-state index in [1.54, 1.807) is 4.90 Å². The minimum absolute atomic E-state index is 0.0865. The molecule has 3 heterocycles. The number of hydrogen-bond donors (Lipinski definition) is 0. The molecule has 1 saturated heterocycles. The van der Waals surface area contributed by atoms with Gasteiger partial charge >= 0.3 is 0 Å². The van der Waals surface area contributed by atoms with Crippen molar-refractivity contribution in [3.63, 3.8) is 0 Å². The van der Waals surface area contributed by atoms with Crippen molar-refractivity contribution in [1.29, 1.82) is 0 Å². The maximum Gasteiger partial charge on any atom is 0.276 e. The molecule has 5 rings (SSSR count). The van der Waals surface area contributed by atoms with Gasteiger partial charge in [0.15, 0.2) is 5.69 Å². The minimum atomic E-state index is -0.636. The van der Waals surface area contributed by atoms with Gasteiger partial charge in [-0.15, -0.1) is 0 Å². The molecule has 140 valence electrons. The highest BCUT2D eigenvalue weighted by Crippen LogP contribution is 2.46. The summed E-state index contributed by atoms with van der Waals surface area (Å²) in [5.74, 6) is 0.850. The minimum Gasteiger partial charge on any atom is -0.360 e. The molecular weight excluding hydrogens is 342 g/mol. The van der Waals surface area contributed by atoms with Crippen LogP contribution in [0.1, 0.15) is 53.1 Å². The standard InChI is InChI=1S/C21H23N3O3/c1-23-16-9-4-3-8-15(16)21(20(23)26)11-6-12-24(13-21)19(25)18-14-7-2-5-10-17(14)27-22-18/h3-4,8-9H,2,5-7,10-13H2,1H3/t21-/m0/s1. The van der Waals surface area contributed by atoms with Crippen molar-refractivity contribution >= 4 is 17.5 Å². The molecule has 2 aliphatic heterocycles.